The Labute approximate surface area is 122 Å². The summed E-state index contributed by atoms with van der Waals surface area (Å²) in [6, 6.07) is 4.71. The van der Waals surface area contributed by atoms with Crippen LogP contribution in [0.15, 0.2) is 18.2 Å². The van der Waals surface area contributed by atoms with Crippen LogP contribution in [0.2, 0.25) is 0 Å². The van der Waals surface area contributed by atoms with Gasteiger partial charge in [0.05, 0.1) is 0 Å². The van der Waals surface area contributed by atoms with E-state index in [0.29, 0.717) is 12.3 Å². The van der Waals surface area contributed by atoms with Gasteiger partial charge in [-0.05, 0) is 31.0 Å². The Hall–Kier alpha value is -1.69. The molecule has 0 radical (unpaired) electrons. The van der Waals surface area contributed by atoms with Gasteiger partial charge in [-0.2, -0.15) is 11.8 Å². The molecule has 0 aromatic heterocycles. The second-order valence-electron chi connectivity index (χ2n) is 4.87. The van der Waals surface area contributed by atoms with E-state index in [1.807, 2.05) is 32.0 Å². The Morgan fingerprint density at radius 3 is 2.85 bits per heavy atom. The van der Waals surface area contributed by atoms with Crippen LogP contribution in [-0.2, 0) is 4.79 Å². The Morgan fingerprint density at radius 2 is 2.15 bits per heavy atom. The topological polar surface area (TPSA) is 69.6 Å². The van der Waals surface area contributed by atoms with Gasteiger partial charge in [-0.3, -0.25) is 0 Å². The third-order valence-electron chi connectivity index (χ3n) is 3.31. The van der Waals surface area contributed by atoms with Crippen molar-refractivity contribution in [3.05, 3.63) is 29.3 Å². The first kappa shape index (κ1) is 14.7. The number of carboxylic acid groups (broad SMARTS) is 1. The molecular weight excluding hydrogens is 276 g/mol. The van der Waals surface area contributed by atoms with E-state index < -0.39 is 12.0 Å². The Balaban J connectivity index is 2.14. The fourth-order valence-electron chi connectivity index (χ4n) is 2.11. The molecule has 5 nitrogen and oxygen atoms in total. The number of nitrogens with zero attached hydrogens (tertiary/aromatic N) is 1. The fourth-order valence-corrected chi connectivity index (χ4v) is 3.15. The summed E-state index contributed by atoms with van der Waals surface area (Å²) in [5.74, 6) is 0.257. The Bertz CT molecular complexity index is 533. The van der Waals surface area contributed by atoms with Crippen molar-refractivity contribution in [1.82, 2.24) is 4.90 Å². The van der Waals surface area contributed by atoms with Gasteiger partial charge in [0.25, 0.3) is 0 Å². The summed E-state index contributed by atoms with van der Waals surface area (Å²) in [5, 5.41) is 12.0. The van der Waals surface area contributed by atoms with Crippen LogP contribution >= 0.6 is 11.8 Å². The highest BCUT2D eigenvalue weighted by atomic mass is 32.2. The van der Waals surface area contributed by atoms with Crippen LogP contribution in [0, 0.1) is 13.8 Å². The number of amides is 2. The lowest BCUT2D eigenvalue weighted by Gasteiger charge is -2.32. The van der Waals surface area contributed by atoms with Gasteiger partial charge in [0.15, 0.2) is 0 Å². The van der Waals surface area contributed by atoms with Crippen molar-refractivity contribution in [3.63, 3.8) is 0 Å². The summed E-state index contributed by atoms with van der Waals surface area (Å²) in [6.45, 7) is 4.32. The molecule has 20 heavy (non-hydrogen) atoms. The highest BCUT2D eigenvalue weighted by Gasteiger charge is 2.32. The predicted octanol–water partition coefficient (Wildman–Crippen LogP) is 2.34. The minimum Gasteiger partial charge on any atom is -0.480 e. The first-order valence-electron chi connectivity index (χ1n) is 6.44. The van der Waals surface area contributed by atoms with E-state index in [9.17, 15) is 14.7 Å². The standard InChI is InChI=1S/C14H18N2O3S/c1-9-3-4-10(2)11(7-9)15-14(19)16-5-6-20-8-12(16)13(17)18/h3-4,7,12H,5-6,8H2,1-2H3,(H,15,19)(H,17,18). The van der Waals surface area contributed by atoms with Crippen LogP contribution in [-0.4, -0.2) is 46.1 Å². The highest BCUT2D eigenvalue weighted by Crippen LogP contribution is 2.20. The first-order valence-corrected chi connectivity index (χ1v) is 7.60. The number of urea groups is 1. The Kier molecular flexibility index (Phi) is 4.54. The van der Waals surface area contributed by atoms with Gasteiger partial charge in [-0.15, -0.1) is 0 Å². The van der Waals surface area contributed by atoms with Crippen molar-refractivity contribution in [2.45, 2.75) is 19.9 Å². The molecule has 2 amide bonds. The van der Waals surface area contributed by atoms with E-state index in [1.165, 1.54) is 4.90 Å². The molecule has 2 rings (SSSR count). The second-order valence-corrected chi connectivity index (χ2v) is 6.02. The number of carbonyl (C=O) groups is 2. The zero-order chi connectivity index (χ0) is 14.7. The first-order chi connectivity index (χ1) is 9.49. The lowest BCUT2D eigenvalue weighted by Crippen LogP contribution is -2.51. The van der Waals surface area contributed by atoms with Gasteiger partial charge in [-0.1, -0.05) is 12.1 Å². The minimum atomic E-state index is -0.951. The minimum absolute atomic E-state index is 0.341. The number of anilines is 1. The molecule has 1 aliphatic heterocycles. The number of thioether (sulfide) groups is 1. The maximum absolute atomic E-state index is 12.3. The molecule has 0 aliphatic carbocycles. The molecule has 2 N–H and O–H groups in total. The molecule has 0 spiro atoms. The van der Waals surface area contributed by atoms with E-state index >= 15 is 0 Å². The average molecular weight is 294 g/mol. The van der Waals surface area contributed by atoms with Gasteiger partial charge in [0.1, 0.15) is 6.04 Å². The van der Waals surface area contributed by atoms with Crippen LogP contribution in [0.3, 0.4) is 0 Å². The number of aryl methyl sites for hydroxylation is 2. The summed E-state index contributed by atoms with van der Waals surface area (Å²) < 4.78 is 0. The predicted molar refractivity (Wildman–Crippen MR) is 80.4 cm³/mol. The smallest absolute Gasteiger partial charge is 0.327 e. The number of nitrogens with one attached hydrogen (secondary N) is 1. The van der Waals surface area contributed by atoms with Crippen LogP contribution in [0.1, 0.15) is 11.1 Å². The van der Waals surface area contributed by atoms with Crippen molar-refractivity contribution < 1.29 is 14.7 Å². The molecule has 1 saturated heterocycles. The lowest BCUT2D eigenvalue weighted by molar-refractivity contribution is -0.141. The number of benzene rings is 1. The van der Waals surface area contributed by atoms with Crippen LogP contribution in [0.4, 0.5) is 10.5 Å². The van der Waals surface area contributed by atoms with E-state index in [0.717, 1.165) is 22.6 Å². The molecule has 1 aromatic carbocycles. The molecule has 108 valence electrons. The fraction of sp³-hybridized carbons (Fsp3) is 0.429. The molecule has 1 aliphatic rings. The third kappa shape index (κ3) is 3.25. The van der Waals surface area contributed by atoms with Gasteiger partial charge in [-0.25, -0.2) is 9.59 Å². The van der Waals surface area contributed by atoms with E-state index in [1.54, 1.807) is 11.8 Å². The molecule has 1 unspecified atom stereocenters. The van der Waals surface area contributed by atoms with Gasteiger partial charge in [0.2, 0.25) is 0 Å². The van der Waals surface area contributed by atoms with Crippen molar-refractivity contribution in [3.8, 4) is 0 Å². The highest BCUT2D eigenvalue weighted by molar-refractivity contribution is 7.99. The number of carboxylic acids is 1. The molecule has 1 fully saturated rings. The lowest BCUT2D eigenvalue weighted by atomic mass is 10.1. The molecule has 0 bridgehead atoms. The molecule has 0 saturated carbocycles. The summed E-state index contributed by atoms with van der Waals surface area (Å²) in [7, 11) is 0. The van der Waals surface area contributed by atoms with E-state index in [2.05, 4.69) is 5.32 Å². The van der Waals surface area contributed by atoms with E-state index in [-0.39, 0.29) is 6.03 Å². The quantitative estimate of drug-likeness (QED) is 0.878. The molecule has 1 heterocycles. The maximum Gasteiger partial charge on any atom is 0.327 e. The van der Waals surface area contributed by atoms with Crippen molar-refractivity contribution in [2.24, 2.45) is 0 Å². The second kappa shape index (κ2) is 6.17. The van der Waals surface area contributed by atoms with E-state index in [4.69, 9.17) is 0 Å². The summed E-state index contributed by atoms with van der Waals surface area (Å²) in [6.07, 6.45) is 0. The number of rotatable bonds is 2. The Morgan fingerprint density at radius 1 is 1.40 bits per heavy atom. The van der Waals surface area contributed by atoms with Crippen LogP contribution in [0.25, 0.3) is 0 Å². The number of aliphatic carboxylic acids is 1. The molecule has 1 aromatic rings. The van der Waals surface area contributed by atoms with Crippen molar-refractivity contribution >= 4 is 29.4 Å². The normalized spacial score (nSPS) is 18.7. The average Bonchev–Trinajstić information content (AvgIpc) is 2.42. The maximum atomic E-state index is 12.3. The molecule has 1 atom stereocenters. The SMILES string of the molecule is Cc1ccc(C)c(NC(=O)N2CCSCC2C(=O)O)c1. The summed E-state index contributed by atoms with van der Waals surface area (Å²) in [5.41, 5.74) is 2.74. The zero-order valence-electron chi connectivity index (χ0n) is 11.5. The van der Waals surface area contributed by atoms with Crippen LogP contribution < -0.4 is 5.32 Å². The summed E-state index contributed by atoms with van der Waals surface area (Å²) in [4.78, 5) is 24.9. The van der Waals surface area contributed by atoms with Crippen molar-refractivity contribution in [1.29, 1.82) is 0 Å². The number of carbonyl (C=O) groups excluding carboxylic acids is 1. The largest absolute Gasteiger partial charge is 0.480 e. The van der Waals surface area contributed by atoms with Gasteiger partial charge < -0.3 is 15.3 Å². The molecule has 6 heteroatoms. The number of hydrogen-bond donors (Lipinski definition) is 2. The number of hydrogen-bond acceptors (Lipinski definition) is 3. The zero-order valence-corrected chi connectivity index (χ0v) is 12.4. The van der Waals surface area contributed by atoms with Crippen molar-refractivity contribution in [2.75, 3.05) is 23.4 Å². The third-order valence-corrected chi connectivity index (χ3v) is 4.33. The molecular formula is C14H18N2O3S. The monoisotopic (exact) mass is 294 g/mol. The van der Waals surface area contributed by atoms with Crippen LogP contribution in [0.5, 0.6) is 0 Å². The van der Waals surface area contributed by atoms with Gasteiger partial charge >= 0.3 is 12.0 Å². The van der Waals surface area contributed by atoms with Gasteiger partial charge in [0, 0.05) is 23.7 Å². The summed E-state index contributed by atoms with van der Waals surface area (Å²) >= 11 is 1.56.